The van der Waals surface area contributed by atoms with Crippen LogP contribution in [0.5, 0.6) is 0 Å². The van der Waals surface area contributed by atoms with Gasteiger partial charge in [-0.3, -0.25) is 5.32 Å². The molecular weight excluding hydrogens is 346 g/mol. The van der Waals surface area contributed by atoms with Crippen LogP contribution in [0.2, 0.25) is 0 Å². The molecule has 1 atom stereocenters. The van der Waals surface area contributed by atoms with E-state index in [1.807, 2.05) is 31.2 Å². The maximum atomic E-state index is 12.2. The minimum atomic E-state index is -0.617. The minimum Gasteiger partial charge on any atom is -0.447 e. The van der Waals surface area contributed by atoms with Crippen molar-refractivity contribution in [3.63, 3.8) is 0 Å². The van der Waals surface area contributed by atoms with E-state index in [-0.39, 0.29) is 12.6 Å². The Balaban J connectivity index is 1.91. The molecule has 0 radical (unpaired) electrons. The van der Waals surface area contributed by atoms with Gasteiger partial charge in [0.05, 0.1) is 6.04 Å². The summed E-state index contributed by atoms with van der Waals surface area (Å²) in [6.07, 6.45) is 1.25. The lowest BCUT2D eigenvalue weighted by Gasteiger charge is -2.29. The van der Waals surface area contributed by atoms with Crippen LogP contribution in [0.1, 0.15) is 34.1 Å². The SMILES string of the molecule is CC[C@@H](COC(=O)Nc1cc2ccccc2cn1)N(C)C(=O)OC(C)(C)C. The molecule has 2 aromatic rings. The Labute approximate surface area is 159 Å². The zero-order valence-electron chi connectivity index (χ0n) is 16.5. The lowest BCUT2D eigenvalue weighted by molar-refractivity contribution is 0.0145. The normalized spacial score (nSPS) is 12.3. The molecule has 2 rings (SSSR count). The van der Waals surface area contributed by atoms with Crippen molar-refractivity contribution >= 4 is 28.8 Å². The van der Waals surface area contributed by atoms with Gasteiger partial charge >= 0.3 is 12.2 Å². The van der Waals surface area contributed by atoms with Crippen molar-refractivity contribution in [1.29, 1.82) is 0 Å². The van der Waals surface area contributed by atoms with E-state index in [0.29, 0.717) is 12.2 Å². The first-order valence-electron chi connectivity index (χ1n) is 8.94. The number of benzene rings is 1. The molecular formula is C20H27N3O4. The Bertz CT molecular complexity index is 801. The van der Waals surface area contributed by atoms with Gasteiger partial charge in [-0.1, -0.05) is 31.2 Å². The van der Waals surface area contributed by atoms with Crippen LogP contribution in [0.4, 0.5) is 15.4 Å². The predicted molar refractivity (Wildman–Crippen MR) is 105 cm³/mol. The van der Waals surface area contributed by atoms with Crippen molar-refractivity contribution in [3.8, 4) is 0 Å². The first kappa shape index (κ1) is 20.5. The molecule has 0 aliphatic rings. The number of anilines is 1. The highest BCUT2D eigenvalue weighted by Crippen LogP contribution is 2.16. The maximum absolute atomic E-state index is 12.2. The van der Waals surface area contributed by atoms with Crippen molar-refractivity contribution < 1.29 is 19.1 Å². The highest BCUT2D eigenvalue weighted by molar-refractivity contribution is 5.89. The van der Waals surface area contributed by atoms with E-state index in [1.165, 1.54) is 4.90 Å². The van der Waals surface area contributed by atoms with Crippen LogP contribution in [0, 0.1) is 0 Å². The lowest BCUT2D eigenvalue weighted by Crippen LogP contribution is -2.43. The van der Waals surface area contributed by atoms with Gasteiger partial charge in [0.15, 0.2) is 0 Å². The van der Waals surface area contributed by atoms with Crippen molar-refractivity contribution in [3.05, 3.63) is 36.5 Å². The molecule has 7 heteroatoms. The van der Waals surface area contributed by atoms with Gasteiger partial charge in [-0.15, -0.1) is 0 Å². The number of likely N-dealkylation sites (N-methyl/N-ethyl adjacent to an activating group) is 1. The van der Waals surface area contributed by atoms with Crippen LogP contribution in [0.15, 0.2) is 36.5 Å². The van der Waals surface area contributed by atoms with Gasteiger partial charge in [-0.2, -0.15) is 0 Å². The summed E-state index contributed by atoms with van der Waals surface area (Å²) in [6, 6.07) is 9.23. The van der Waals surface area contributed by atoms with Gasteiger partial charge in [-0.05, 0) is 38.6 Å². The number of amides is 2. The number of hydrogen-bond donors (Lipinski definition) is 1. The summed E-state index contributed by atoms with van der Waals surface area (Å²) in [5.74, 6) is 0.409. The number of nitrogens with one attached hydrogen (secondary N) is 1. The third-order valence-corrected chi connectivity index (χ3v) is 3.97. The molecule has 0 spiro atoms. The van der Waals surface area contributed by atoms with Gasteiger partial charge < -0.3 is 14.4 Å². The Hall–Kier alpha value is -2.83. The van der Waals surface area contributed by atoms with Gasteiger partial charge in [0, 0.05) is 18.6 Å². The number of hydrogen-bond acceptors (Lipinski definition) is 5. The second kappa shape index (κ2) is 8.70. The summed E-state index contributed by atoms with van der Waals surface area (Å²) in [5.41, 5.74) is -0.580. The Kier molecular flexibility index (Phi) is 6.60. The minimum absolute atomic E-state index is 0.0612. The Morgan fingerprint density at radius 1 is 1.22 bits per heavy atom. The van der Waals surface area contributed by atoms with Crippen LogP contribution in [-0.2, 0) is 9.47 Å². The zero-order valence-corrected chi connectivity index (χ0v) is 16.5. The first-order chi connectivity index (χ1) is 12.7. The molecule has 1 aromatic heterocycles. The Morgan fingerprint density at radius 3 is 2.52 bits per heavy atom. The smallest absolute Gasteiger partial charge is 0.412 e. The quantitative estimate of drug-likeness (QED) is 0.838. The second-order valence-electron chi connectivity index (χ2n) is 7.29. The van der Waals surface area contributed by atoms with Gasteiger partial charge in [0.1, 0.15) is 18.0 Å². The summed E-state index contributed by atoms with van der Waals surface area (Å²) in [5, 5.41) is 4.57. The van der Waals surface area contributed by atoms with E-state index in [4.69, 9.17) is 9.47 Å². The first-order valence-corrected chi connectivity index (χ1v) is 8.94. The van der Waals surface area contributed by atoms with Crippen LogP contribution in [0.25, 0.3) is 10.8 Å². The van der Waals surface area contributed by atoms with Crippen molar-refractivity contribution in [2.75, 3.05) is 19.0 Å². The second-order valence-corrected chi connectivity index (χ2v) is 7.29. The molecule has 0 bridgehead atoms. The number of pyridine rings is 1. The predicted octanol–water partition coefficient (Wildman–Crippen LogP) is 4.43. The number of aromatic nitrogens is 1. The summed E-state index contributed by atoms with van der Waals surface area (Å²) in [7, 11) is 1.63. The van der Waals surface area contributed by atoms with E-state index in [0.717, 1.165) is 10.8 Å². The van der Waals surface area contributed by atoms with Gasteiger partial charge in [0.2, 0.25) is 0 Å². The monoisotopic (exact) mass is 373 g/mol. The van der Waals surface area contributed by atoms with Crippen LogP contribution >= 0.6 is 0 Å². The molecule has 0 fully saturated rings. The van der Waals surface area contributed by atoms with Crippen molar-refractivity contribution in [2.45, 2.75) is 45.8 Å². The van der Waals surface area contributed by atoms with E-state index in [2.05, 4.69) is 10.3 Å². The fourth-order valence-corrected chi connectivity index (χ4v) is 2.45. The third-order valence-electron chi connectivity index (χ3n) is 3.97. The average molecular weight is 373 g/mol. The third kappa shape index (κ3) is 6.13. The molecule has 7 nitrogen and oxygen atoms in total. The average Bonchev–Trinajstić information content (AvgIpc) is 2.60. The number of carbonyl (C=O) groups excluding carboxylic acids is 2. The summed E-state index contributed by atoms with van der Waals surface area (Å²) < 4.78 is 10.6. The number of fused-ring (bicyclic) bond motifs is 1. The lowest BCUT2D eigenvalue weighted by atomic mass is 10.2. The summed E-state index contributed by atoms with van der Waals surface area (Å²) in [4.78, 5) is 29.9. The summed E-state index contributed by atoms with van der Waals surface area (Å²) in [6.45, 7) is 7.39. The number of carbonyl (C=O) groups is 2. The number of rotatable bonds is 5. The topological polar surface area (TPSA) is 80.8 Å². The molecule has 1 aromatic carbocycles. The summed E-state index contributed by atoms with van der Waals surface area (Å²) >= 11 is 0. The zero-order chi connectivity index (χ0) is 20.0. The van der Waals surface area contributed by atoms with Crippen LogP contribution < -0.4 is 5.32 Å². The Morgan fingerprint density at radius 2 is 1.89 bits per heavy atom. The molecule has 0 unspecified atom stereocenters. The van der Waals surface area contributed by atoms with Crippen molar-refractivity contribution in [2.24, 2.45) is 0 Å². The van der Waals surface area contributed by atoms with Gasteiger partial charge in [-0.25, -0.2) is 14.6 Å². The van der Waals surface area contributed by atoms with Gasteiger partial charge in [0.25, 0.3) is 0 Å². The number of nitrogens with zero attached hydrogens (tertiary/aromatic N) is 2. The van der Waals surface area contributed by atoms with E-state index < -0.39 is 17.8 Å². The van der Waals surface area contributed by atoms with E-state index in [1.54, 1.807) is 40.1 Å². The molecule has 0 aliphatic carbocycles. The highest BCUT2D eigenvalue weighted by atomic mass is 16.6. The molecule has 1 N–H and O–H groups in total. The molecule has 0 saturated carbocycles. The van der Waals surface area contributed by atoms with Crippen LogP contribution in [0.3, 0.4) is 0 Å². The van der Waals surface area contributed by atoms with Crippen molar-refractivity contribution in [1.82, 2.24) is 9.88 Å². The fourth-order valence-electron chi connectivity index (χ4n) is 2.45. The van der Waals surface area contributed by atoms with Crippen LogP contribution in [-0.4, -0.2) is 47.4 Å². The largest absolute Gasteiger partial charge is 0.447 e. The molecule has 1 heterocycles. The molecule has 2 amide bonds. The molecule has 0 aliphatic heterocycles. The number of ether oxygens (including phenoxy) is 2. The highest BCUT2D eigenvalue weighted by Gasteiger charge is 2.25. The fraction of sp³-hybridized carbons (Fsp3) is 0.450. The maximum Gasteiger partial charge on any atom is 0.412 e. The molecule has 27 heavy (non-hydrogen) atoms. The molecule has 146 valence electrons. The van der Waals surface area contributed by atoms with E-state index in [9.17, 15) is 9.59 Å². The standard InChI is InChI=1S/C20H27N3O4/c1-6-16(23(5)19(25)27-20(2,3)4)13-26-18(24)22-17-11-14-9-7-8-10-15(14)12-21-17/h7-12,16H,6,13H2,1-5H3,(H,21,22,24)/t16-/m0/s1. The molecule has 0 saturated heterocycles. The van der Waals surface area contributed by atoms with E-state index >= 15 is 0 Å².